The lowest BCUT2D eigenvalue weighted by Gasteiger charge is -2.21. The van der Waals surface area contributed by atoms with Gasteiger partial charge in [0.15, 0.2) is 0 Å². The Morgan fingerprint density at radius 1 is 1.10 bits per heavy atom. The van der Waals surface area contributed by atoms with Crippen molar-refractivity contribution >= 4 is 0 Å². The van der Waals surface area contributed by atoms with Gasteiger partial charge in [-0.15, -0.1) is 0 Å². The van der Waals surface area contributed by atoms with Crippen LogP contribution < -0.4 is 5.32 Å². The fraction of sp³-hybridized carbons (Fsp3) is 0.667. The zero-order valence-electron chi connectivity index (χ0n) is 13.2. The second-order valence-electron chi connectivity index (χ2n) is 6.31. The first-order valence-electron chi connectivity index (χ1n) is 8.22. The molecule has 0 atom stereocenters. The molecule has 1 saturated carbocycles. The number of likely N-dealkylation sites (N-methyl/N-ethyl adjacent to an activating group) is 1. The Kier molecular flexibility index (Phi) is 6.55. The lowest BCUT2D eigenvalue weighted by molar-refractivity contribution is 0.311. The third kappa shape index (κ3) is 5.26. The number of benzene rings is 1. The minimum atomic E-state index is 0.768. The van der Waals surface area contributed by atoms with E-state index in [1.165, 1.54) is 49.7 Å². The minimum Gasteiger partial charge on any atom is -0.313 e. The van der Waals surface area contributed by atoms with Crippen molar-refractivity contribution in [3.05, 3.63) is 35.4 Å². The molecular formula is C18H30N2. The maximum absolute atomic E-state index is 3.75. The molecule has 112 valence electrons. The van der Waals surface area contributed by atoms with E-state index in [4.69, 9.17) is 0 Å². The highest BCUT2D eigenvalue weighted by Gasteiger charge is 2.11. The second-order valence-corrected chi connectivity index (χ2v) is 6.31. The fourth-order valence-electron chi connectivity index (χ4n) is 3.10. The molecule has 0 heterocycles. The molecule has 1 aliphatic carbocycles. The summed E-state index contributed by atoms with van der Waals surface area (Å²) < 4.78 is 0. The largest absolute Gasteiger partial charge is 0.313 e. The summed E-state index contributed by atoms with van der Waals surface area (Å²) in [6, 6.07) is 9.47. The molecule has 1 aliphatic rings. The lowest BCUT2D eigenvalue weighted by atomic mass is 10.1. The predicted molar refractivity (Wildman–Crippen MR) is 87.0 cm³/mol. The van der Waals surface area contributed by atoms with E-state index in [1.54, 1.807) is 0 Å². The van der Waals surface area contributed by atoms with E-state index in [2.05, 4.69) is 48.5 Å². The number of hydrogen-bond acceptors (Lipinski definition) is 2. The van der Waals surface area contributed by atoms with Crippen LogP contribution in [0.25, 0.3) is 0 Å². The third-order valence-electron chi connectivity index (χ3n) is 4.48. The Hall–Kier alpha value is -0.860. The second kappa shape index (κ2) is 8.43. The van der Waals surface area contributed by atoms with Crippen molar-refractivity contribution in [2.75, 3.05) is 20.1 Å². The Balaban J connectivity index is 1.67. The van der Waals surface area contributed by atoms with Crippen LogP contribution in [-0.4, -0.2) is 31.1 Å². The Morgan fingerprint density at radius 3 is 2.50 bits per heavy atom. The number of nitrogens with zero attached hydrogens (tertiary/aromatic N) is 1. The monoisotopic (exact) mass is 274 g/mol. The molecule has 1 aromatic carbocycles. The molecule has 0 spiro atoms. The minimum absolute atomic E-state index is 0.768. The van der Waals surface area contributed by atoms with Crippen LogP contribution in [0.1, 0.15) is 49.7 Å². The quantitative estimate of drug-likeness (QED) is 0.795. The summed E-state index contributed by atoms with van der Waals surface area (Å²) in [4.78, 5) is 2.42. The van der Waals surface area contributed by atoms with Gasteiger partial charge in [0.05, 0.1) is 0 Å². The lowest BCUT2D eigenvalue weighted by Crippen LogP contribution is -2.35. The Morgan fingerprint density at radius 2 is 1.80 bits per heavy atom. The molecule has 2 nitrogen and oxygen atoms in total. The van der Waals surface area contributed by atoms with Crippen LogP contribution >= 0.6 is 0 Å². The average Bonchev–Trinajstić information content (AvgIpc) is 2.70. The summed E-state index contributed by atoms with van der Waals surface area (Å²) in [5, 5.41) is 3.75. The van der Waals surface area contributed by atoms with Crippen molar-refractivity contribution in [2.24, 2.45) is 0 Å². The molecule has 0 amide bonds. The summed E-state index contributed by atoms with van der Waals surface area (Å²) in [5.74, 6) is 0. The topological polar surface area (TPSA) is 15.3 Å². The molecule has 1 N–H and O–H groups in total. The highest BCUT2D eigenvalue weighted by Crippen LogP contribution is 2.17. The van der Waals surface area contributed by atoms with E-state index in [0.29, 0.717) is 0 Å². The number of aryl methyl sites for hydroxylation is 1. The standard InChI is InChI=1S/C18H30N2/c1-16-9-7-8-10-17(16)15-20(2)14-13-19-18-11-5-3-4-6-12-18/h7-10,18-19H,3-6,11-15H2,1-2H3. The first-order chi connectivity index (χ1) is 9.75. The molecule has 0 radical (unpaired) electrons. The van der Waals surface area contributed by atoms with Gasteiger partial charge in [-0.1, -0.05) is 49.9 Å². The van der Waals surface area contributed by atoms with Crippen molar-refractivity contribution in [2.45, 2.75) is 58.0 Å². The maximum atomic E-state index is 3.75. The van der Waals surface area contributed by atoms with E-state index in [1.807, 2.05) is 0 Å². The van der Waals surface area contributed by atoms with Gasteiger partial charge in [-0.2, -0.15) is 0 Å². The van der Waals surface area contributed by atoms with Gasteiger partial charge < -0.3 is 10.2 Å². The molecule has 0 saturated heterocycles. The molecule has 0 aliphatic heterocycles. The summed E-state index contributed by atoms with van der Waals surface area (Å²) >= 11 is 0. The van der Waals surface area contributed by atoms with Gasteiger partial charge in [0.25, 0.3) is 0 Å². The molecule has 2 rings (SSSR count). The molecule has 1 fully saturated rings. The van der Waals surface area contributed by atoms with Crippen LogP contribution in [0.4, 0.5) is 0 Å². The van der Waals surface area contributed by atoms with Gasteiger partial charge in [0, 0.05) is 25.7 Å². The number of hydrogen-bond donors (Lipinski definition) is 1. The molecule has 2 heteroatoms. The van der Waals surface area contributed by atoms with E-state index in [9.17, 15) is 0 Å². The molecule has 0 aromatic heterocycles. The summed E-state index contributed by atoms with van der Waals surface area (Å²) in [6.45, 7) is 5.50. The van der Waals surface area contributed by atoms with Gasteiger partial charge in [-0.05, 0) is 37.9 Å². The normalized spacial score (nSPS) is 17.4. The predicted octanol–water partition coefficient (Wildman–Crippen LogP) is 3.74. The zero-order chi connectivity index (χ0) is 14.2. The highest BCUT2D eigenvalue weighted by atomic mass is 15.1. The van der Waals surface area contributed by atoms with E-state index in [-0.39, 0.29) is 0 Å². The van der Waals surface area contributed by atoms with Crippen molar-refractivity contribution in [1.29, 1.82) is 0 Å². The van der Waals surface area contributed by atoms with Crippen molar-refractivity contribution in [1.82, 2.24) is 10.2 Å². The van der Waals surface area contributed by atoms with Crippen LogP contribution in [0, 0.1) is 6.92 Å². The molecule has 1 aromatic rings. The van der Waals surface area contributed by atoms with Gasteiger partial charge >= 0.3 is 0 Å². The highest BCUT2D eigenvalue weighted by molar-refractivity contribution is 5.25. The SMILES string of the molecule is Cc1ccccc1CN(C)CCNC1CCCCCC1. The van der Waals surface area contributed by atoms with E-state index >= 15 is 0 Å². The molecular weight excluding hydrogens is 244 g/mol. The Bertz CT molecular complexity index is 381. The fourth-order valence-corrected chi connectivity index (χ4v) is 3.10. The van der Waals surface area contributed by atoms with Gasteiger partial charge in [-0.25, -0.2) is 0 Å². The van der Waals surface area contributed by atoms with Gasteiger partial charge in [0.1, 0.15) is 0 Å². The van der Waals surface area contributed by atoms with E-state index in [0.717, 1.165) is 25.7 Å². The van der Waals surface area contributed by atoms with Crippen molar-refractivity contribution < 1.29 is 0 Å². The van der Waals surface area contributed by atoms with Gasteiger partial charge in [0.2, 0.25) is 0 Å². The third-order valence-corrected chi connectivity index (χ3v) is 4.48. The summed E-state index contributed by atoms with van der Waals surface area (Å²) in [7, 11) is 2.22. The van der Waals surface area contributed by atoms with Crippen LogP contribution in [0.15, 0.2) is 24.3 Å². The first kappa shape index (κ1) is 15.5. The van der Waals surface area contributed by atoms with Crippen molar-refractivity contribution in [3.63, 3.8) is 0 Å². The maximum Gasteiger partial charge on any atom is 0.0233 e. The molecule has 0 unspecified atom stereocenters. The van der Waals surface area contributed by atoms with Gasteiger partial charge in [-0.3, -0.25) is 0 Å². The summed E-state index contributed by atoms with van der Waals surface area (Å²) in [5.41, 5.74) is 2.85. The zero-order valence-corrected chi connectivity index (χ0v) is 13.2. The van der Waals surface area contributed by atoms with Crippen LogP contribution in [0.5, 0.6) is 0 Å². The first-order valence-corrected chi connectivity index (χ1v) is 8.22. The van der Waals surface area contributed by atoms with Crippen LogP contribution in [-0.2, 0) is 6.54 Å². The average molecular weight is 274 g/mol. The number of nitrogens with one attached hydrogen (secondary N) is 1. The smallest absolute Gasteiger partial charge is 0.0233 e. The number of rotatable bonds is 6. The van der Waals surface area contributed by atoms with Crippen molar-refractivity contribution in [3.8, 4) is 0 Å². The van der Waals surface area contributed by atoms with Crippen LogP contribution in [0.2, 0.25) is 0 Å². The molecule has 0 bridgehead atoms. The summed E-state index contributed by atoms with van der Waals surface area (Å²) in [6.07, 6.45) is 8.45. The van der Waals surface area contributed by atoms with E-state index < -0.39 is 0 Å². The molecule has 20 heavy (non-hydrogen) atoms. The Labute approximate surface area is 124 Å². The van der Waals surface area contributed by atoms with Crippen LogP contribution in [0.3, 0.4) is 0 Å².